The van der Waals surface area contributed by atoms with Gasteiger partial charge in [-0.25, -0.2) is 0 Å². The molecule has 0 spiro atoms. The number of carbonyl (C=O) groups excluding carboxylic acids is 3. The van der Waals surface area contributed by atoms with E-state index in [9.17, 15) is 14.4 Å². The third-order valence-electron chi connectivity index (χ3n) is 12.6. The van der Waals surface area contributed by atoms with Gasteiger partial charge < -0.3 is 14.2 Å². The van der Waals surface area contributed by atoms with Gasteiger partial charge in [0.2, 0.25) is 0 Å². The first-order valence-electron chi connectivity index (χ1n) is 29.6. The van der Waals surface area contributed by atoms with Gasteiger partial charge in [0.15, 0.2) is 6.10 Å². The number of esters is 3. The molecule has 1 unspecified atom stereocenters. The van der Waals surface area contributed by atoms with Gasteiger partial charge in [0.05, 0.1) is 0 Å². The number of rotatable bonds is 53. The highest BCUT2D eigenvalue weighted by atomic mass is 16.6. The molecule has 0 amide bonds. The topological polar surface area (TPSA) is 78.9 Å². The molecule has 0 aliphatic heterocycles. The van der Waals surface area contributed by atoms with Crippen molar-refractivity contribution < 1.29 is 28.6 Å². The number of hydrogen-bond donors (Lipinski definition) is 0. The fraction of sp³-hybridized carbons (Fsp3) is 0.734. The Labute approximate surface area is 433 Å². The van der Waals surface area contributed by atoms with Crippen molar-refractivity contribution in [2.24, 2.45) is 0 Å². The molecule has 0 aromatic heterocycles. The molecule has 0 aliphatic rings. The lowest BCUT2D eigenvalue weighted by Crippen LogP contribution is -2.30. The lowest BCUT2D eigenvalue weighted by molar-refractivity contribution is -0.167. The summed E-state index contributed by atoms with van der Waals surface area (Å²) >= 11 is 0. The zero-order valence-corrected chi connectivity index (χ0v) is 46.0. The second-order valence-electron chi connectivity index (χ2n) is 19.5. The van der Waals surface area contributed by atoms with Gasteiger partial charge in [-0.15, -0.1) is 0 Å². The molecule has 0 saturated heterocycles. The summed E-state index contributed by atoms with van der Waals surface area (Å²) in [6.07, 6.45) is 75.9. The Hall–Kier alpha value is -3.41. The van der Waals surface area contributed by atoms with Crippen molar-refractivity contribution in [3.63, 3.8) is 0 Å². The number of hydrogen-bond acceptors (Lipinski definition) is 6. The summed E-state index contributed by atoms with van der Waals surface area (Å²) in [7, 11) is 0. The van der Waals surface area contributed by atoms with Crippen LogP contribution in [0.5, 0.6) is 0 Å². The third-order valence-corrected chi connectivity index (χ3v) is 12.6. The van der Waals surface area contributed by atoms with Gasteiger partial charge in [-0.05, 0) is 96.3 Å². The van der Waals surface area contributed by atoms with E-state index in [-0.39, 0.29) is 31.1 Å². The zero-order chi connectivity index (χ0) is 50.7. The van der Waals surface area contributed by atoms with Gasteiger partial charge in [-0.2, -0.15) is 0 Å². The van der Waals surface area contributed by atoms with E-state index in [4.69, 9.17) is 14.2 Å². The fourth-order valence-corrected chi connectivity index (χ4v) is 8.21. The highest BCUT2D eigenvalue weighted by Gasteiger charge is 2.19. The predicted octanol–water partition coefficient (Wildman–Crippen LogP) is 19.9. The summed E-state index contributed by atoms with van der Waals surface area (Å²) in [5.41, 5.74) is 0. The van der Waals surface area contributed by atoms with E-state index in [1.54, 1.807) is 0 Å². The molecule has 0 radical (unpaired) electrons. The van der Waals surface area contributed by atoms with Crippen molar-refractivity contribution in [1.29, 1.82) is 0 Å². The smallest absolute Gasteiger partial charge is 0.306 e. The van der Waals surface area contributed by atoms with Crippen molar-refractivity contribution in [2.45, 2.75) is 290 Å². The van der Waals surface area contributed by atoms with Crippen LogP contribution in [0, 0.1) is 0 Å². The van der Waals surface area contributed by atoms with Gasteiger partial charge in [-0.1, -0.05) is 254 Å². The Bertz CT molecular complexity index is 1350. The third kappa shape index (κ3) is 55.5. The SMILES string of the molecule is CC/C=C\C/C=C\C/C=C\C/C=C\C/C=C\C/C=C\CCCCCCCCCCCCC(=O)OCC(COC(=O)CCCCCCCCCC)OC(=O)CCCCCCC/C=C\CCCCCCCC. The molecule has 1 atom stereocenters. The maximum Gasteiger partial charge on any atom is 0.306 e. The maximum absolute atomic E-state index is 12.8. The molecular weight excluding hydrogens is 865 g/mol. The van der Waals surface area contributed by atoms with Gasteiger partial charge in [-0.3, -0.25) is 14.4 Å². The van der Waals surface area contributed by atoms with E-state index >= 15 is 0 Å². The molecule has 0 aliphatic carbocycles. The highest BCUT2D eigenvalue weighted by Crippen LogP contribution is 2.15. The van der Waals surface area contributed by atoms with E-state index in [1.807, 2.05) is 0 Å². The van der Waals surface area contributed by atoms with Gasteiger partial charge in [0.25, 0.3) is 0 Å². The standard InChI is InChI=1S/C64H110O6/c1-4-7-10-13-16-19-21-23-25-26-27-28-29-30-31-32-33-34-35-36-37-38-40-41-43-45-48-51-54-57-63(66)69-60-61(59-68-62(65)56-53-50-47-18-15-12-9-6-3)70-64(67)58-55-52-49-46-44-42-39-24-22-20-17-14-11-8-5-2/h7,10,16,19,23-25,27-28,30-31,33-34,39,61H,4-6,8-9,11-15,17-18,20-22,26,29,32,35-38,40-60H2,1-3H3/b10-7-,19-16-,25-23-,28-27-,31-30-,34-33-,39-24-. The van der Waals surface area contributed by atoms with Crippen LogP contribution in [0.2, 0.25) is 0 Å². The Morgan fingerprint density at radius 2 is 0.557 bits per heavy atom. The van der Waals surface area contributed by atoms with Crippen molar-refractivity contribution in [3.05, 3.63) is 85.1 Å². The van der Waals surface area contributed by atoms with Crippen molar-refractivity contribution in [2.75, 3.05) is 13.2 Å². The summed E-state index contributed by atoms with van der Waals surface area (Å²) in [5.74, 6) is -0.890. The first-order valence-corrected chi connectivity index (χ1v) is 29.6. The largest absolute Gasteiger partial charge is 0.462 e. The lowest BCUT2D eigenvalue weighted by Gasteiger charge is -2.18. The molecule has 6 nitrogen and oxygen atoms in total. The molecular formula is C64H110O6. The maximum atomic E-state index is 12.8. The zero-order valence-electron chi connectivity index (χ0n) is 46.0. The molecule has 402 valence electrons. The molecule has 0 fully saturated rings. The van der Waals surface area contributed by atoms with Gasteiger partial charge in [0, 0.05) is 19.3 Å². The molecule has 0 heterocycles. The first kappa shape index (κ1) is 66.6. The minimum absolute atomic E-state index is 0.0786. The second-order valence-corrected chi connectivity index (χ2v) is 19.5. The van der Waals surface area contributed by atoms with Crippen LogP contribution in [0.4, 0.5) is 0 Å². The van der Waals surface area contributed by atoms with E-state index in [2.05, 4.69) is 106 Å². The Morgan fingerprint density at radius 1 is 0.300 bits per heavy atom. The Morgan fingerprint density at radius 3 is 0.886 bits per heavy atom. The van der Waals surface area contributed by atoms with Gasteiger partial charge in [0.1, 0.15) is 13.2 Å². The minimum atomic E-state index is -0.779. The molecule has 0 aromatic carbocycles. The summed E-state index contributed by atoms with van der Waals surface area (Å²) in [6.45, 7) is 6.49. The normalized spacial score (nSPS) is 12.7. The minimum Gasteiger partial charge on any atom is -0.462 e. The number of ether oxygens (including phenoxy) is 3. The molecule has 70 heavy (non-hydrogen) atoms. The van der Waals surface area contributed by atoms with Crippen LogP contribution >= 0.6 is 0 Å². The number of unbranched alkanes of at least 4 members (excludes halogenated alkanes) is 28. The van der Waals surface area contributed by atoms with Gasteiger partial charge >= 0.3 is 17.9 Å². The first-order chi connectivity index (χ1) is 34.5. The van der Waals surface area contributed by atoms with E-state index < -0.39 is 6.10 Å². The van der Waals surface area contributed by atoms with Crippen LogP contribution in [-0.4, -0.2) is 37.2 Å². The predicted molar refractivity (Wildman–Crippen MR) is 302 cm³/mol. The molecule has 0 rings (SSSR count). The molecule has 0 bridgehead atoms. The van der Waals surface area contributed by atoms with Crippen LogP contribution < -0.4 is 0 Å². The van der Waals surface area contributed by atoms with Crippen LogP contribution in [0.25, 0.3) is 0 Å². The molecule has 0 N–H and O–H groups in total. The summed E-state index contributed by atoms with van der Waals surface area (Å²) in [6, 6.07) is 0. The van der Waals surface area contributed by atoms with E-state index in [0.29, 0.717) is 19.3 Å². The second kappa shape index (κ2) is 58.2. The van der Waals surface area contributed by atoms with Crippen LogP contribution in [0.15, 0.2) is 85.1 Å². The van der Waals surface area contributed by atoms with Crippen molar-refractivity contribution >= 4 is 17.9 Å². The van der Waals surface area contributed by atoms with Crippen molar-refractivity contribution in [3.8, 4) is 0 Å². The Kier molecular flexibility index (Phi) is 55.3. The van der Waals surface area contributed by atoms with Crippen LogP contribution in [-0.2, 0) is 28.6 Å². The fourth-order valence-electron chi connectivity index (χ4n) is 8.21. The summed E-state index contributed by atoms with van der Waals surface area (Å²) < 4.78 is 16.8. The van der Waals surface area contributed by atoms with Crippen LogP contribution in [0.1, 0.15) is 284 Å². The van der Waals surface area contributed by atoms with Crippen LogP contribution in [0.3, 0.4) is 0 Å². The average Bonchev–Trinajstić information content (AvgIpc) is 3.36. The molecule has 6 heteroatoms. The monoisotopic (exact) mass is 975 g/mol. The Balaban J connectivity index is 4.17. The van der Waals surface area contributed by atoms with Crippen molar-refractivity contribution in [1.82, 2.24) is 0 Å². The highest BCUT2D eigenvalue weighted by molar-refractivity contribution is 5.71. The molecule has 0 saturated carbocycles. The number of carbonyl (C=O) groups is 3. The lowest BCUT2D eigenvalue weighted by atomic mass is 10.1. The number of allylic oxidation sites excluding steroid dienone is 14. The molecule has 0 aromatic rings. The van der Waals surface area contributed by atoms with E-state index in [1.165, 1.54) is 135 Å². The quantitative estimate of drug-likeness (QED) is 0.0261. The summed E-state index contributed by atoms with van der Waals surface area (Å²) in [4.78, 5) is 38.0. The van der Waals surface area contributed by atoms with E-state index in [0.717, 1.165) is 109 Å². The average molecular weight is 976 g/mol. The summed E-state index contributed by atoms with van der Waals surface area (Å²) in [5, 5.41) is 0.